The molecule has 0 bridgehead atoms. The maximum absolute atomic E-state index is 10.8. The number of hydrogen-bond acceptors (Lipinski definition) is 4. The van der Waals surface area contributed by atoms with E-state index in [2.05, 4.69) is 16.6 Å². The lowest BCUT2D eigenvalue weighted by atomic mass is 9.97. The molecule has 5 heteroatoms. The molecule has 2 atom stereocenters. The highest BCUT2D eigenvalue weighted by molar-refractivity contribution is 5.83. The normalized spacial score (nSPS) is 27.0. The SMILES string of the molecule is C=COC(=O)[C@H]1C[C@@H](C(=O)O)N1. The fourth-order valence-corrected chi connectivity index (χ4v) is 0.955. The Morgan fingerprint density at radius 1 is 1.58 bits per heavy atom. The molecule has 1 aliphatic heterocycles. The molecular formula is C7H9NO4. The molecule has 2 N–H and O–H groups in total. The van der Waals surface area contributed by atoms with Crippen LogP contribution in [0.4, 0.5) is 0 Å². The predicted molar refractivity (Wildman–Crippen MR) is 39.3 cm³/mol. The molecule has 1 aliphatic rings. The summed E-state index contributed by atoms with van der Waals surface area (Å²) in [7, 11) is 0. The first-order valence-corrected chi connectivity index (χ1v) is 3.45. The summed E-state index contributed by atoms with van der Waals surface area (Å²) in [6.07, 6.45) is 1.31. The van der Waals surface area contributed by atoms with Gasteiger partial charge in [-0.3, -0.25) is 10.1 Å². The highest BCUT2D eigenvalue weighted by Crippen LogP contribution is 2.13. The molecule has 1 heterocycles. The van der Waals surface area contributed by atoms with E-state index in [9.17, 15) is 9.59 Å². The second-order valence-corrected chi connectivity index (χ2v) is 2.45. The van der Waals surface area contributed by atoms with Crippen LogP contribution in [-0.4, -0.2) is 29.1 Å². The number of aliphatic carboxylic acids is 1. The Balaban J connectivity index is 2.29. The van der Waals surface area contributed by atoms with Crippen LogP contribution in [0.5, 0.6) is 0 Å². The second kappa shape index (κ2) is 3.36. The van der Waals surface area contributed by atoms with E-state index in [1.165, 1.54) is 0 Å². The van der Waals surface area contributed by atoms with Crippen molar-refractivity contribution < 1.29 is 19.4 Å². The molecule has 1 fully saturated rings. The average molecular weight is 171 g/mol. The van der Waals surface area contributed by atoms with Crippen molar-refractivity contribution in [1.29, 1.82) is 0 Å². The third kappa shape index (κ3) is 1.62. The van der Waals surface area contributed by atoms with Gasteiger partial charge in [0.2, 0.25) is 0 Å². The van der Waals surface area contributed by atoms with Crippen molar-refractivity contribution in [2.45, 2.75) is 18.5 Å². The maximum Gasteiger partial charge on any atom is 0.328 e. The van der Waals surface area contributed by atoms with Gasteiger partial charge in [-0.1, -0.05) is 6.58 Å². The summed E-state index contributed by atoms with van der Waals surface area (Å²) in [6.45, 7) is 3.21. The Morgan fingerprint density at radius 3 is 2.58 bits per heavy atom. The Bertz CT molecular complexity index is 219. The molecule has 0 aliphatic carbocycles. The fourth-order valence-electron chi connectivity index (χ4n) is 0.955. The molecular weight excluding hydrogens is 162 g/mol. The van der Waals surface area contributed by atoms with Gasteiger partial charge < -0.3 is 9.84 Å². The molecule has 66 valence electrons. The van der Waals surface area contributed by atoms with Crippen molar-refractivity contribution >= 4 is 11.9 Å². The monoisotopic (exact) mass is 171 g/mol. The zero-order chi connectivity index (χ0) is 9.14. The number of carboxylic acid groups (broad SMARTS) is 1. The molecule has 0 aromatic carbocycles. The summed E-state index contributed by atoms with van der Waals surface area (Å²) in [5.74, 6) is -1.43. The zero-order valence-electron chi connectivity index (χ0n) is 6.32. The van der Waals surface area contributed by atoms with Gasteiger partial charge in [0.05, 0.1) is 6.26 Å². The minimum absolute atomic E-state index is 0.280. The molecule has 0 unspecified atom stereocenters. The first-order valence-electron chi connectivity index (χ1n) is 3.45. The van der Waals surface area contributed by atoms with Gasteiger partial charge in [-0.05, 0) is 6.42 Å². The summed E-state index contributed by atoms with van der Waals surface area (Å²) < 4.78 is 4.44. The molecule has 0 aromatic rings. The molecule has 12 heavy (non-hydrogen) atoms. The first kappa shape index (κ1) is 8.73. The van der Waals surface area contributed by atoms with Crippen LogP contribution in [0.2, 0.25) is 0 Å². The van der Waals surface area contributed by atoms with Crippen molar-refractivity contribution in [1.82, 2.24) is 5.32 Å². The van der Waals surface area contributed by atoms with Crippen LogP contribution in [0.25, 0.3) is 0 Å². The highest BCUT2D eigenvalue weighted by Gasteiger charge is 2.38. The average Bonchev–Trinajstić information content (AvgIpc) is 1.82. The highest BCUT2D eigenvalue weighted by atomic mass is 16.5. The van der Waals surface area contributed by atoms with E-state index < -0.39 is 24.0 Å². The number of rotatable bonds is 3. The minimum atomic E-state index is -0.947. The largest absolute Gasteiger partial charge is 0.480 e. The molecule has 0 saturated carbocycles. The number of hydrogen-bond donors (Lipinski definition) is 2. The van der Waals surface area contributed by atoms with Gasteiger partial charge in [-0.2, -0.15) is 0 Å². The van der Waals surface area contributed by atoms with Gasteiger partial charge in [0.25, 0.3) is 0 Å². The van der Waals surface area contributed by atoms with E-state index in [0.717, 1.165) is 6.26 Å². The van der Waals surface area contributed by atoms with Crippen LogP contribution in [0.15, 0.2) is 12.8 Å². The minimum Gasteiger partial charge on any atom is -0.480 e. The van der Waals surface area contributed by atoms with Gasteiger partial charge in [0.15, 0.2) is 0 Å². The van der Waals surface area contributed by atoms with Gasteiger partial charge >= 0.3 is 11.9 Å². The fraction of sp³-hybridized carbons (Fsp3) is 0.429. The van der Waals surface area contributed by atoms with Crippen molar-refractivity contribution in [3.63, 3.8) is 0 Å². The van der Waals surface area contributed by atoms with Crippen LogP contribution in [-0.2, 0) is 14.3 Å². The standard InChI is InChI=1S/C7H9NO4/c1-2-12-7(11)5-3-4(8-5)6(9)10/h2,4-5,8H,1,3H2,(H,9,10)/t4-,5+/m0/s1. The van der Waals surface area contributed by atoms with E-state index in [1.54, 1.807) is 0 Å². The summed E-state index contributed by atoms with van der Waals surface area (Å²) in [6, 6.07) is -1.11. The number of carbonyl (C=O) groups excluding carboxylic acids is 1. The first-order chi connectivity index (χ1) is 5.65. The molecule has 1 rings (SSSR count). The Labute approximate surface area is 69.0 Å². The van der Waals surface area contributed by atoms with E-state index in [1.807, 2.05) is 0 Å². The van der Waals surface area contributed by atoms with Crippen LogP contribution < -0.4 is 5.32 Å². The van der Waals surface area contributed by atoms with E-state index in [4.69, 9.17) is 5.11 Å². The summed E-state index contributed by atoms with van der Waals surface area (Å²) in [5.41, 5.74) is 0. The van der Waals surface area contributed by atoms with Gasteiger partial charge in [0.1, 0.15) is 12.1 Å². The molecule has 0 aromatic heterocycles. The van der Waals surface area contributed by atoms with Crippen LogP contribution in [0.1, 0.15) is 6.42 Å². The second-order valence-electron chi connectivity index (χ2n) is 2.45. The van der Waals surface area contributed by atoms with Gasteiger partial charge in [0, 0.05) is 0 Å². The number of nitrogens with one attached hydrogen (secondary N) is 1. The lowest BCUT2D eigenvalue weighted by molar-refractivity contribution is -0.149. The number of carboxylic acids is 1. The zero-order valence-corrected chi connectivity index (χ0v) is 6.32. The number of carbonyl (C=O) groups is 2. The lowest BCUT2D eigenvalue weighted by Crippen LogP contribution is -2.60. The Kier molecular flexibility index (Phi) is 2.44. The van der Waals surface area contributed by atoms with E-state index >= 15 is 0 Å². The number of ether oxygens (including phenoxy) is 1. The van der Waals surface area contributed by atoms with Gasteiger partial charge in [-0.15, -0.1) is 0 Å². The topological polar surface area (TPSA) is 75.6 Å². The van der Waals surface area contributed by atoms with Crippen LogP contribution in [0.3, 0.4) is 0 Å². The van der Waals surface area contributed by atoms with E-state index in [-0.39, 0.29) is 6.42 Å². The predicted octanol–water partition coefficient (Wildman–Crippen LogP) is -0.512. The third-order valence-electron chi connectivity index (χ3n) is 1.66. The molecule has 0 radical (unpaired) electrons. The third-order valence-corrected chi connectivity index (χ3v) is 1.66. The van der Waals surface area contributed by atoms with Crippen LogP contribution in [0, 0.1) is 0 Å². The molecule has 1 saturated heterocycles. The van der Waals surface area contributed by atoms with Crippen molar-refractivity contribution in [2.24, 2.45) is 0 Å². The molecule has 0 spiro atoms. The summed E-state index contributed by atoms with van der Waals surface area (Å²) in [5, 5.41) is 11.0. The lowest BCUT2D eigenvalue weighted by Gasteiger charge is -2.31. The van der Waals surface area contributed by atoms with Crippen LogP contribution >= 0.6 is 0 Å². The maximum atomic E-state index is 10.8. The number of esters is 1. The van der Waals surface area contributed by atoms with Crippen molar-refractivity contribution in [3.05, 3.63) is 12.8 Å². The Morgan fingerprint density at radius 2 is 2.17 bits per heavy atom. The Hall–Kier alpha value is -1.36. The van der Waals surface area contributed by atoms with Gasteiger partial charge in [-0.25, -0.2) is 4.79 Å². The molecule has 0 amide bonds. The van der Waals surface area contributed by atoms with Crippen molar-refractivity contribution in [3.8, 4) is 0 Å². The summed E-state index contributed by atoms with van der Waals surface area (Å²) in [4.78, 5) is 21.1. The molecule has 5 nitrogen and oxygen atoms in total. The van der Waals surface area contributed by atoms with Crippen molar-refractivity contribution in [2.75, 3.05) is 0 Å². The summed E-state index contributed by atoms with van der Waals surface area (Å²) >= 11 is 0. The smallest absolute Gasteiger partial charge is 0.328 e. The quantitative estimate of drug-likeness (QED) is 0.441. The van der Waals surface area contributed by atoms with E-state index in [0.29, 0.717) is 0 Å².